The second-order valence-corrected chi connectivity index (χ2v) is 9.16. The lowest BCUT2D eigenvalue weighted by atomic mass is 10.1. The molecule has 0 aliphatic carbocycles. The molecule has 30 heavy (non-hydrogen) atoms. The van der Waals surface area contributed by atoms with Gasteiger partial charge in [-0.15, -0.1) is 0 Å². The minimum Gasteiger partial charge on any atom is -0.354 e. The molecule has 0 spiro atoms. The van der Waals surface area contributed by atoms with E-state index in [9.17, 15) is 9.59 Å². The highest BCUT2D eigenvalue weighted by atomic mass is 32.2. The zero-order valence-electron chi connectivity index (χ0n) is 18.6. The van der Waals surface area contributed by atoms with Gasteiger partial charge in [0.05, 0.1) is 0 Å². The molecule has 2 rings (SSSR count). The summed E-state index contributed by atoms with van der Waals surface area (Å²) in [6.45, 7) is 9.05. The van der Waals surface area contributed by atoms with Crippen molar-refractivity contribution in [2.24, 2.45) is 5.92 Å². The molecule has 0 saturated carbocycles. The fourth-order valence-corrected chi connectivity index (χ4v) is 3.96. The number of carbonyl (C=O) groups excluding carboxylic acids is 2. The molecule has 0 aliphatic rings. The van der Waals surface area contributed by atoms with Gasteiger partial charge in [0.2, 0.25) is 11.8 Å². The number of amides is 2. The third-order valence-corrected chi connectivity index (χ3v) is 6.06. The Hall–Kier alpha value is -2.27. The first kappa shape index (κ1) is 24.0. The SMILES string of the molecule is Cc1ccccc1CN(C(=O)CCSCc1ccccc1)C(C)C(=O)NCC(C)C. The van der Waals surface area contributed by atoms with E-state index in [4.69, 9.17) is 0 Å². The van der Waals surface area contributed by atoms with E-state index in [1.54, 1.807) is 16.7 Å². The number of rotatable bonds is 11. The third kappa shape index (κ3) is 7.86. The Balaban J connectivity index is 2.00. The molecule has 1 unspecified atom stereocenters. The smallest absolute Gasteiger partial charge is 0.242 e. The van der Waals surface area contributed by atoms with Crippen molar-refractivity contribution in [3.05, 3.63) is 71.3 Å². The Bertz CT molecular complexity index is 808. The Morgan fingerprint density at radius 2 is 1.67 bits per heavy atom. The number of nitrogens with zero attached hydrogens (tertiary/aromatic N) is 1. The first-order valence-corrected chi connectivity index (χ1v) is 11.8. The molecule has 5 heteroatoms. The molecule has 4 nitrogen and oxygen atoms in total. The van der Waals surface area contributed by atoms with E-state index in [1.807, 2.05) is 56.3 Å². The second kappa shape index (κ2) is 12.4. The van der Waals surface area contributed by atoms with Crippen LogP contribution < -0.4 is 5.32 Å². The standard InChI is InChI=1S/C25H34N2O2S/c1-19(2)16-26-25(29)21(4)27(17-23-13-9-8-10-20(23)3)24(28)14-15-30-18-22-11-6-5-7-12-22/h5-13,19,21H,14-18H2,1-4H3,(H,26,29). The first-order valence-electron chi connectivity index (χ1n) is 10.6. The lowest BCUT2D eigenvalue weighted by molar-refractivity contribution is -0.140. The molecule has 162 valence electrons. The molecule has 1 atom stereocenters. The van der Waals surface area contributed by atoms with Gasteiger partial charge < -0.3 is 10.2 Å². The maximum Gasteiger partial charge on any atom is 0.242 e. The fourth-order valence-electron chi connectivity index (χ4n) is 3.07. The van der Waals surface area contributed by atoms with Crippen LogP contribution in [0.25, 0.3) is 0 Å². The predicted molar refractivity (Wildman–Crippen MR) is 126 cm³/mol. The van der Waals surface area contributed by atoms with Crippen molar-refractivity contribution < 1.29 is 9.59 Å². The van der Waals surface area contributed by atoms with E-state index < -0.39 is 6.04 Å². The Kier molecular flexibility index (Phi) is 9.95. The summed E-state index contributed by atoms with van der Waals surface area (Å²) in [4.78, 5) is 27.5. The fraction of sp³-hybridized carbons (Fsp3) is 0.440. The molecule has 0 bridgehead atoms. The van der Waals surface area contributed by atoms with E-state index in [2.05, 4.69) is 31.3 Å². The van der Waals surface area contributed by atoms with Gasteiger partial charge in [-0.05, 0) is 36.5 Å². The minimum atomic E-state index is -0.505. The molecule has 0 saturated heterocycles. The first-order chi connectivity index (χ1) is 14.4. The van der Waals surface area contributed by atoms with Crippen molar-refractivity contribution in [2.75, 3.05) is 12.3 Å². The summed E-state index contributed by atoms with van der Waals surface area (Å²) >= 11 is 1.75. The van der Waals surface area contributed by atoms with Crippen molar-refractivity contribution >= 4 is 23.6 Å². The Morgan fingerprint density at radius 3 is 2.33 bits per heavy atom. The van der Waals surface area contributed by atoms with Crippen molar-refractivity contribution in [3.63, 3.8) is 0 Å². The average Bonchev–Trinajstić information content (AvgIpc) is 2.74. The van der Waals surface area contributed by atoms with Gasteiger partial charge in [-0.25, -0.2) is 0 Å². The van der Waals surface area contributed by atoms with Crippen LogP contribution in [0, 0.1) is 12.8 Å². The maximum atomic E-state index is 13.1. The molecule has 0 radical (unpaired) electrons. The highest BCUT2D eigenvalue weighted by molar-refractivity contribution is 7.98. The van der Waals surface area contributed by atoms with Gasteiger partial charge in [0.1, 0.15) is 6.04 Å². The van der Waals surface area contributed by atoms with Gasteiger partial charge in [-0.1, -0.05) is 68.4 Å². The zero-order chi connectivity index (χ0) is 21.9. The van der Waals surface area contributed by atoms with E-state index in [-0.39, 0.29) is 11.8 Å². The van der Waals surface area contributed by atoms with Gasteiger partial charge in [0.25, 0.3) is 0 Å². The number of hydrogen-bond donors (Lipinski definition) is 1. The summed E-state index contributed by atoms with van der Waals surface area (Å²) < 4.78 is 0. The van der Waals surface area contributed by atoms with Crippen molar-refractivity contribution in [1.29, 1.82) is 0 Å². The molecular weight excluding hydrogens is 392 g/mol. The average molecular weight is 427 g/mol. The molecule has 2 amide bonds. The predicted octanol–water partition coefficient (Wildman–Crippen LogP) is 4.81. The summed E-state index contributed by atoms with van der Waals surface area (Å²) in [5, 5.41) is 2.97. The van der Waals surface area contributed by atoms with Crippen LogP contribution in [0.3, 0.4) is 0 Å². The van der Waals surface area contributed by atoms with Crippen molar-refractivity contribution in [1.82, 2.24) is 10.2 Å². The highest BCUT2D eigenvalue weighted by Gasteiger charge is 2.26. The lowest BCUT2D eigenvalue weighted by Gasteiger charge is -2.29. The number of carbonyl (C=O) groups is 2. The molecule has 0 fully saturated rings. The van der Waals surface area contributed by atoms with E-state index in [0.717, 1.165) is 22.6 Å². The number of thioether (sulfide) groups is 1. The van der Waals surface area contributed by atoms with E-state index in [0.29, 0.717) is 25.4 Å². The molecular formula is C25H34N2O2S. The number of aryl methyl sites for hydroxylation is 1. The number of benzene rings is 2. The van der Waals surface area contributed by atoms with E-state index >= 15 is 0 Å². The normalized spacial score (nSPS) is 11.9. The van der Waals surface area contributed by atoms with Gasteiger partial charge in [0, 0.05) is 31.0 Å². The molecule has 0 aromatic heterocycles. The topological polar surface area (TPSA) is 49.4 Å². The van der Waals surface area contributed by atoms with Crippen LogP contribution in [0.4, 0.5) is 0 Å². The quantitative estimate of drug-likeness (QED) is 0.525. The van der Waals surface area contributed by atoms with E-state index in [1.165, 1.54) is 5.56 Å². The monoisotopic (exact) mass is 426 g/mol. The van der Waals surface area contributed by atoms with Crippen LogP contribution in [-0.2, 0) is 21.9 Å². The van der Waals surface area contributed by atoms with Gasteiger partial charge >= 0.3 is 0 Å². The Morgan fingerprint density at radius 1 is 1.00 bits per heavy atom. The molecule has 1 N–H and O–H groups in total. The second-order valence-electron chi connectivity index (χ2n) is 8.05. The number of hydrogen-bond acceptors (Lipinski definition) is 3. The largest absolute Gasteiger partial charge is 0.354 e. The van der Waals surface area contributed by atoms with Crippen molar-refractivity contribution in [2.45, 2.75) is 52.5 Å². The molecule has 0 heterocycles. The van der Waals surface area contributed by atoms with Crippen molar-refractivity contribution in [3.8, 4) is 0 Å². The van der Waals surface area contributed by atoms with Crippen LogP contribution >= 0.6 is 11.8 Å². The van der Waals surface area contributed by atoms with Gasteiger partial charge in [0.15, 0.2) is 0 Å². The summed E-state index contributed by atoms with van der Waals surface area (Å²) in [5.74, 6) is 1.92. The highest BCUT2D eigenvalue weighted by Crippen LogP contribution is 2.17. The summed E-state index contributed by atoms with van der Waals surface area (Å²) in [5.41, 5.74) is 3.46. The van der Waals surface area contributed by atoms with Crippen LogP contribution in [0.2, 0.25) is 0 Å². The molecule has 2 aromatic rings. The molecule has 0 aliphatic heterocycles. The van der Waals surface area contributed by atoms with Crippen LogP contribution in [-0.4, -0.2) is 35.1 Å². The minimum absolute atomic E-state index is 0.0195. The van der Waals surface area contributed by atoms with Crippen LogP contribution in [0.15, 0.2) is 54.6 Å². The summed E-state index contributed by atoms with van der Waals surface area (Å²) in [6, 6.07) is 17.8. The van der Waals surface area contributed by atoms with Crippen LogP contribution in [0.1, 0.15) is 43.9 Å². The van der Waals surface area contributed by atoms with Crippen LogP contribution in [0.5, 0.6) is 0 Å². The van der Waals surface area contributed by atoms with Gasteiger partial charge in [-0.3, -0.25) is 9.59 Å². The Labute approximate surface area is 185 Å². The third-order valence-electron chi connectivity index (χ3n) is 5.03. The number of nitrogens with one attached hydrogen (secondary N) is 1. The lowest BCUT2D eigenvalue weighted by Crippen LogP contribution is -2.48. The maximum absolute atomic E-state index is 13.1. The molecule has 2 aromatic carbocycles. The zero-order valence-corrected chi connectivity index (χ0v) is 19.4. The summed E-state index contributed by atoms with van der Waals surface area (Å²) in [7, 11) is 0. The summed E-state index contributed by atoms with van der Waals surface area (Å²) in [6.07, 6.45) is 0.422. The van der Waals surface area contributed by atoms with Gasteiger partial charge in [-0.2, -0.15) is 11.8 Å².